The second kappa shape index (κ2) is 9.47. The van der Waals surface area contributed by atoms with Crippen molar-refractivity contribution in [2.45, 2.75) is 13.3 Å². The Kier molecular flexibility index (Phi) is 7.30. The van der Waals surface area contributed by atoms with Crippen LogP contribution in [0.3, 0.4) is 0 Å². The number of carbonyl (C=O) groups is 3. The molecule has 1 rings (SSSR count). The zero-order valence-electron chi connectivity index (χ0n) is 13.0. The van der Waals surface area contributed by atoms with Crippen LogP contribution in [-0.2, 0) is 14.4 Å². The van der Waals surface area contributed by atoms with E-state index in [1.807, 2.05) is 5.48 Å². The van der Waals surface area contributed by atoms with Gasteiger partial charge in [-0.25, -0.2) is 9.79 Å². The van der Waals surface area contributed by atoms with E-state index < -0.39 is 17.8 Å². The van der Waals surface area contributed by atoms with Gasteiger partial charge in [-0.3, -0.25) is 9.59 Å². The number of hydrogen-bond donors (Lipinski definition) is 4. The van der Waals surface area contributed by atoms with Gasteiger partial charge in [0.15, 0.2) is 5.96 Å². The Morgan fingerprint density at radius 3 is 2.71 bits per heavy atom. The third-order valence-corrected chi connectivity index (χ3v) is 2.40. The standard InChI is InChI=1S/C15H17N5O4/c1-2-3-7-13(22)24-20-12(21)9-18-14(23)10-5-4-6-11(8-10)19-15(16)17/h4-6,8H,2,9H2,1H3,(H,18,23)(H,20,21)(H4,16,17,19). The van der Waals surface area contributed by atoms with E-state index >= 15 is 0 Å². The lowest BCUT2D eigenvalue weighted by atomic mass is 10.2. The van der Waals surface area contributed by atoms with Gasteiger partial charge in [-0.1, -0.05) is 18.9 Å². The first-order valence-electron chi connectivity index (χ1n) is 6.88. The molecule has 0 bridgehead atoms. The van der Waals surface area contributed by atoms with Crippen molar-refractivity contribution in [3.8, 4) is 11.8 Å². The van der Waals surface area contributed by atoms with Crippen molar-refractivity contribution in [2.24, 2.45) is 16.5 Å². The summed E-state index contributed by atoms with van der Waals surface area (Å²) >= 11 is 0. The van der Waals surface area contributed by atoms with E-state index in [0.29, 0.717) is 12.1 Å². The number of aliphatic imine (C=N–C) groups is 1. The maximum absolute atomic E-state index is 11.9. The van der Waals surface area contributed by atoms with Gasteiger partial charge in [0.1, 0.15) is 0 Å². The van der Waals surface area contributed by atoms with Crippen LogP contribution in [0, 0.1) is 11.8 Å². The minimum Gasteiger partial charge on any atom is -0.370 e. The molecule has 0 saturated carbocycles. The van der Waals surface area contributed by atoms with E-state index in [2.05, 4.69) is 27.0 Å². The van der Waals surface area contributed by atoms with Crippen LogP contribution in [0.5, 0.6) is 0 Å². The molecule has 9 nitrogen and oxygen atoms in total. The van der Waals surface area contributed by atoms with Crippen molar-refractivity contribution >= 4 is 29.4 Å². The van der Waals surface area contributed by atoms with Gasteiger partial charge in [0.05, 0.1) is 12.2 Å². The Morgan fingerprint density at radius 2 is 2.04 bits per heavy atom. The molecule has 1 aromatic carbocycles. The first-order valence-corrected chi connectivity index (χ1v) is 6.88. The Labute approximate surface area is 138 Å². The Morgan fingerprint density at radius 1 is 1.29 bits per heavy atom. The first kappa shape index (κ1) is 18.5. The summed E-state index contributed by atoms with van der Waals surface area (Å²) in [6.07, 6.45) is 0.484. The molecule has 0 heterocycles. The smallest absolute Gasteiger partial charge is 0.370 e. The second-order valence-corrected chi connectivity index (χ2v) is 4.34. The number of carbonyl (C=O) groups excluding carboxylic acids is 3. The van der Waals surface area contributed by atoms with Gasteiger partial charge in [0.25, 0.3) is 11.8 Å². The second-order valence-electron chi connectivity index (χ2n) is 4.34. The van der Waals surface area contributed by atoms with Crippen LogP contribution in [0.25, 0.3) is 0 Å². The number of benzene rings is 1. The predicted octanol–water partition coefficient (Wildman–Crippen LogP) is -0.691. The van der Waals surface area contributed by atoms with Crippen molar-refractivity contribution < 1.29 is 19.2 Å². The van der Waals surface area contributed by atoms with E-state index in [-0.39, 0.29) is 18.1 Å². The summed E-state index contributed by atoms with van der Waals surface area (Å²) in [6, 6.07) is 6.18. The molecule has 0 radical (unpaired) electrons. The Bertz CT molecular complexity index is 714. The molecule has 0 atom stereocenters. The summed E-state index contributed by atoms with van der Waals surface area (Å²) in [4.78, 5) is 42.7. The zero-order chi connectivity index (χ0) is 17.9. The normalized spacial score (nSPS) is 9.04. The molecule has 9 heteroatoms. The molecule has 1 aromatic rings. The third kappa shape index (κ3) is 6.95. The molecule has 6 N–H and O–H groups in total. The average Bonchev–Trinajstić information content (AvgIpc) is 2.55. The molecule has 2 amide bonds. The van der Waals surface area contributed by atoms with Gasteiger partial charge < -0.3 is 21.6 Å². The number of guanidine groups is 1. The van der Waals surface area contributed by atoms with Crippen LogP contribution >= 0.6 is 0 Å². The van der Waals surface area contributed by atoms with E-state index in [0.717, 1.165) is 0 Å². The zero-order valence-corrected chi connectivity index (χ0v) is 13.0. The van der Waals surface area contributed by atoms with Crippen LogP contribution in [0.4, 0.5) is 5.69 Å². The minimum atomic E-state index is -0.888. The van der Waals surface area contributed by atoms with E-state index in [4.69, 9.17) is 11.5 Å². The number of rotatable bonds is 4. The lowest BCUT2D eigenvalue weighted by Crippen LogP contribution is -2.37. The quantitative estimate of drug-likeness (QED) is 0.248. The fraction of sp³-hybridized carbons (Fsp3) is 0.200. The molecule has 0 aliphatic carbocycles. The van der Waals surface area contributed by atoms with Crippen molar-refractivity contribution in [3.05, 3.63) is 29.8 Å². The van der Waals surface area contributed by atoms with Crippen LogP contribution in [-0.4, -0.2) is 30.3 Å². The van der Waals surface area contributed by atoms with Crippen LogP contribution in [0.2, 0.25) is 0 Å². The van der Waals surface area contributed by atoms with Crippen molar-refractivity contribution in [2.75, 3.05) is 6.54 Å². The highest BCUT2D eigenvalue weighted by Gasteiger charge is 2.09. The summed E-state index contributed by atoms with van der Waals surface area (Å²) in [7, 11) is 0. The number of nitrogens with two attached hydrogens (primary N) is 2. The van der Waals surface area contributed by atoms with Crippen LogP contribution < -0.4 is 22.3 Å². The highest BCUT2D eigenvalue weighted by atomic mass is 16.7. The lowest BCUT2D eigenvalue weighted by Gasteiger charge is -2.06. The number of hydrogen-bond acceptors (Lipinski definition) is 5. The fourth-order valence-corrected chi connectivity index (χ4v) is 1.45. The van der Waals surface area contributed by atoms with Gasteiger partial charge in [-0.05, 0) is 18.2 Å². The maximum Gasteiger partial charge on any atom is 0.408 e. The molecule has 126 valence electrons. The highest BCUT2D eigenvalue weighted by molar-refractivity contribution is 5.97. The number of nitrogens with zero attached hydrogens (tertiary/aromatic N) is 1. The monoisotopic (exact) mass is 331 g/mol. The van der Waals surface area contributed by atoms with Crippen LogP contribution in [0.1, 0.15) is 23.7 Å². The third-order valence-electron chi connectivity index (χ3n) is 2.40. The van der Waals surface area contributed by atoms with Gasteiger partial charge in [0.2, 0.25) is 0 Å². The lowest BCUT2D eigenvalue weighted by molar-refractivity contribution is -0.152. The van der Waals surface area contributed by atoms with Crippen molar-refractivity contribution in [1.82, 2.24) is 10.8 Å². The van der Waals surface area contributed by atoms with E-state index in [1.165, 1.54) is 12.1 Å². The van der Waals surface area contributed by atoms with Gasteiger partial charge in [-0.15, -0.1) is 0 Å². The molecular weight excluding hydrogens is 314 g/mol. The molecular formula is C15H17N5O4. The van der Waals surface area contributed by atoms with Crippen LogP contribution in [0.15, 0.2) is 29.3 Å². The Balaban J connectivity index is 2.50. The van der Waals surface area contributed by atoms with Crippen molar-refractivity contribution in [1.29, 1.82) is 0 Å². The molecule has 0 unspecified atom stereocenters. The fourth-order valence-electron chi connectivity index (χ4n) is 1.45. The number of amides is 2. The van der Waals surface area contributed by atoms with Gasteiger partial charge in [0, 0.05) is 17.9 Å². The molecule has 0 aromatic heterocycles. The van der Waals surface area contributed by atoms with Gasteiger partial charge >= 0.3 is 5.97 Å². The van der Waals surface area contributed by atoms with Crippen molar-refractivity contribution in [3.63, 3.8) is 0 Å². The Hall–Kier alpha value is -3.54. The SMILES string of the molecule is CCC#CC(=O)ONC(=O)CNC(=O)c1cccc(N=C(N)N)c1. The van der Waals surface area contributed by atoms with Gasteiger partial charge in [-0.2, -0.15) is 5.48 Å². The molecule has 0 aliphatic heterocycles. The minimum absolute atomic E-state index is 0.139. The number of hydroxylamine groups is 1. The topological polar surface area (TPSA) is 149 Å². The summed E-state index contributed by atoms with van der Waals surface area (Å²) in [5.41, 5.74) is 13.1. The average molecular weight is 331 g/mol. The number of nitrogens with one attached hydrogen (secondary N) is 2. The summed E-state index contributed by atoms with van der Waals surface area (Å²) in [5.74, 6) is 2.38. The molecule has 24 heavy (non-hydrogen) atoms. The molecule has 0 spiro atoms. The summed E-state index contributed by atoms with van der Waals surface area (Å²) < 4.78 is 0. The molecule has 0 fully saturated rings. The maximum atomic E-state index is 11.9. The largest absolute Gasteiger partial charge is 0.408 e. The predicted molar refractivity (Wildman–Crippen MR) is 86.5 cm³/mol. The molecule has 0 saturated heterocycles. The summed E-state index contributed by atoms with van der Waals surface area (Å²) in [6.45, 7) is 1.37. The van der Waals surface area contributed by atoms with E-state index in [9.17, 15) is 14.4 Å². The molecule has 0 aliphatic rings. The van der Waals surface area contributed by atoms with E-state index in [1.54, 1.807) is 19.1 Å². The summed E-state index contributed by atoms with van der Waals surface area (Å²) in [5, 5.41) is 2.36. The highest BCUT2D eigenvalue weighted by Crippen LogP contribution is 2.13. The first-order chi connectivity index (χ1) is 11.4.